The summed E-state index contributed by atoms with van der Waals surface area (Å²) in [5, 5.41) is 21.2. The van der Waals surface area contributed by atoms with Gasteiger partial charge < -0.3 is 0 Å². The first kappa shape index (κ1) is 9.02. The lowest BCUT2D eigenvalue weighted by Gasteiger charge is -1.99. The molecule has 0 radical (unpaired) electrons. The van der Waals surface area contributed by atoms with E-state index in [1.165, 1.54) is 0 Å². The molecule has 1 rings (SSSR count). The molecular weight excluding hydrogens is 164 g/mol. The molecule has 1 N–H and O–H groups in total. The SMILES string of the molecule is CC1=CNN=C(C#N)C(C#N)=C1C. The maximum absolute atomic E-state index is 8.81. The van der Waals surface area contributed by atoms with Gasteiger partial charge in [-0.2, -0.15) is 15.6 Å². The molecule has 0 aromatic rings. The fourth-order valence-corrected chi connectivity index (χ4v) is 0.950. The Bertz CT molecular complexity index is 398. The van der Waals surface area contributed by atoms with Crippen LogP contribution < -0.4 is 5.43 Å². The first-order chi connectivity index (χ1) is 6.20. The average molecular weight is 172 g/mol. The number of rotatable bonds is 0. The Morgan fingerprint density at radius 2 is 2.00 bits per heavy atom. The van der Waals surface area contributed by atoms with Crippen LogP contribution >= 0.6 is 0 Å². The lowest BCUT2D eigenvalue weighted by atomic mass is 10.0. The summed E-state index contributed by atoms with van der Waals surface area (Å²) in [7, 11) is 0. The molecule has 1 aliphatic rings. The molecule has 0 amide bonds. The molecule has 0 aliphatic carbocycles. The Morgan fingerprint density at radius 1 is 1.31 bits per heavy atom. The van der Waals surface area contributed by atoms with Crippen molar-refractivity contribution in [3.05, 3.63) is 22.9 Å². The minimum absolute atomic E-state index is 0.133. The highest BCUT2D eigenvalue weighted by Gasteiger charge is 2.13. The summed E-state index contributed by atoms with van der Waals surface area (Å²) in [6, 6.07) is 3.84. The molecular formula is C9H8N4. The van der Waals surface area contributed by atoms with E-state index < -0.39 is 0 Å². The third-order valence-corrected chi connectivity index (χ3v) is 1.88. The summed E-state index contributed by atoms with van der Waals surface area (Å²) in [5.41, 5.74) is 4.76. The summed E-state index contributed by atoms with van der Waals surface area (Å²) in [6.45, 7) is 3.65. The number of nitrogens with one attached hydrogen (secondary N) is 1. The van der Waals surface area contributed by atoms with Gasteiger partial charge in [-0.25, -0.2) is 0 Å². The van der Waals surface area contributed by atoms with Crippen molar-refractivity contribution in [3.8, 4) is 12.1 Å². The summed E-state index contributed by atoms with van der Waals surface area (Å²) in [5.74, 6) is 0. The highest BCUT2D eigenvalue weighted by atomic mass is 15.3. The van der Waals surface area contributed by atoms with Gasteiger partial charge in [0.1, 0.15) is 12.1 Å². The van der Waals surface area contributed by atoms with Gasteiger partial charge in [0.05, 0.1) is 5.57 Å². The smallest absolute Gasteiger partial charge is 0.178 e. The van der Waals surface area contributed by atoms with Gasteiger partial charge in [-0.1, -0.05) is 0 Å². The van der Waals surface area contributed by atoms with E-state index in [1.54, 1.807) is 13.1 Å². The Hall–Kier alpha value is -2.07. The van der Waals surface area contributed by atoms with Crippen LogP contribution in [0.15, 0.2) is 28.0 Å². The largest absolute Gasteiger partial charge is 0.284 e. The Labute approximate surface area is 76.5 Å². The minimum atomic E-state index is 0.133. The van der Waals surface area contributed by atoms with Crippen molar-refractivity contribution in [3.63, 3.8) is 0 Å². The van der Waals surface area contributed by atoms with Gasteiger partial charge in [-0.15, -0.1) is 0 Å². The van der Waals surface area contributed by atoms with E-state index in [9.17, 15) is 0 Å². The lowest BCUT2D eigenvalue weighted by molar-refractivity contribution is 0.962. The van der Waals surface area contributed by atoms with E-state index in [2.05, 4.69) is 10.5 Å². The zero-order valence-electron chi connectivity index (χ0n) is 7.42. The fourth-order valence-electron chi connectivity index (χ4n) is 0.950. The molecule has 0 aromatic carbocycles. The minimum Gasteiger partial charge on any atom is -0.284 e. The van der Waals surface area contributed by atoms with Crippen molar-refractivity contribution in [1.82, 2.24) is 5.43 Å². The number of hydrazone groups is 1. The summed E-state index contributed by atoms with van der Waals surface area (Å²) < 4.78 is 0. The molecule has 1 aliphatic heterocycles. The summed E-state index contributed by atoms with van der Waals surface area (Å²) in [6.07, 6.45) is 1.66. The van der Waals surface area contributed by atoms with E-state index in [4.69, 9.17) is 10.5 Å². The van der Waals surface area contributed by atoms with Gasteiger partial charge in [-0.05, 0) is 25.0 Å². The van der Waals surface area contributed by atoms with Gasteiger partial charge in [0, 0.05) is 6.20 Å². The van der Waals surface area contributed by atoms with Gasteiger partial charge in [0.15, 0.2) is 5.71 Å². The van der Waals surface area contributed by atoms with E-state index in [1.807, 2.05) is 19.1 Å². The predicted octanol–water partition coefficient (Wildman–Crippen LogP) is 1.21. The van der Waals surface area contributed by atoms with Crippen LogP contribution in [0.4, 0.5) is 0 Å². The standard InChI is InChI=1S/C9H8N4/c1-6-5-12-13-9(4-11)8(3-10)7(6)2/h5,12H,1-2H3. The maximum atomic E-state index is 8.81. The van der Waals surface area contributed by atoms with Gasteiger partial charge >= 0.3 is 0 Å². The summed E-state index contributed by atoms with van der Waals surface area (Å²) >= 11 is 0. The molecule has 0 atom stereocenters. The predicted molar refractivity (Wildman–Crippen MR) is 48.3 cm³/mol. The van der Waals surface area contributed by atoms with Crippen molar-refractivity contribution >= 4 is 5.71 Å². The van der Waals surface area contributed by atoms with E-state index >= 15 is 0 Å². The van der Waals surface area contributed by atoms with Crippen LogP contribution in [0.2, 0.25) is 0 Å². The third-order valence-electron chi connectivity index (χ3n) is 1.88. The molecule has 64 valence electrons. The molecule has 1 heterocycles. The van der Waals surface area contributed by atoms with Gasteiger partial charge in [0.25, 0.3) is 0 Å². The molecule has 0 bridgehead atoms. The molecule has 13 heavy (non-hydrogen) atoms. The number of nitriles is 2. The van der Waals surface area contributed by atoms with E-state index in [-0.39, 0.29) is 5.71 Å². The molecule has 0 saturated heterocycles. The van der Waals surface area contributed by atoms with Gasteiger partial charge in [-0.3, -0.25) is 5.43 Å². The first-order valence-electron chi connectivity index (χ1n) is 3.72. The normalized spacial score (nSPS) is 16.0. The second-order valence-corrected chi connectivity index (χ2v) is 2.64. The van der Waals surface area contributed by atoms with E-state index in [0.29, 0.717) is 5.57 Å². The molecule has 0 aromatic heterocycles. The second kappa shape index (κ2) is 3.55. The Kier molecular flexibility index (Phi) is 2.47. The molecule has 0 fully saturated rings. The monoisotopic (exact) mass is 172 g/mol. The number of nitrogens with zero attached hydrogens (tertiary/aromatic N) is 3. The highest BCUT2D eigenvalue weighted by Crippen LogP contribution is 2.15. The third kappa shape index (κ3) is 1.57. The Balaban J connectivity index is 3.32. The summed E-state index contributed by atoms with van der Waals surface area (Å²) in [4.78, 5) is 0. The second-order valence-electron chi connectivity index (χ2n) is 2.64. The van der Waals surface area contributed by atoms with Crippen LogP contribution in [0, 0.1) is 22.7 Å². The van der Waals surface area contributed by atoms with E-state index in [0.717, 1.165) is 11.1 Å². The van der Waals surface area contributed by atoms with Crippen molar-refractivity contribution in [1.29, 1.82) is 10.5 Å². The molecule has 0 spiro atoms. The number of hydrogen-bond acceptors (Lipinski definition) is 4. The maximum Gasteiger partial charge on any atom is 0.178 e. The van der Waals surface area contributed by atoms with Crippen molar-refractivity contribution in [2.45, 2.75) is 13.8 Å². The van der Waals surface area contributed by atoms with Crippen molar-refractivity contribution < 1.29 is 0 Å². The van der Waals surface area contributed by atoms with Crippen LogP contribution in [-0.4, -0.2) is 5.71 Å². The van der Waals surface area contributed by atoms with Crippen LogP contribution in [0.1, 0.15) is 13.8 Å². The van der Waals surface area contributed by atoms with Crippen LogP contribution in [-0.2, 0) is 0 Å². The highest BCUT2D eigenvalue weighted by molar-refractivity contribution is 6.14. The molecule has 4 nitrogen and oxygen atoms in total. The number of allylic oxidation sites excluding steroid dienone is 3. The first-order valence-corrected chi connectivity index (χ1v) is 3.72. The lowest BCUT2D eigenvalue weighted by Crippen LogP contribution is -2.03. The zero-order valence-corrected chi connectivity index (χ0v) is 7.42. The quantitative estimate of drug-likeness (QED) is 0.597. The van der Waals surface area contributed by atoms with Crippen LogP contribution in [0.5, 0.6) is 0 Å². The Morgan fingerprint density at radius 3 is 2.54 bits per heavy atom. The zero-order chi connectivity index (χ0) is 9.84. The van der Waals surface area contributed by atoms with Crippen LogP contribution in [0.3, 0.4) is 0 Å². The van der Waals surface area contributed by atoms with Gasteiger partial charge in [0.2, 0.25) is 0 Å². The fraction of sp³-hybridized carbons (Fsp3) is 0.222. The number of hydrogen-bond donors (Lipinski definition) is 1. The van der Waals surface area contributed by atoms with Crippen molar-refractivity contribution in [2.24, 2.45) is 5.10 Å². The topological polar surface area (TPSA) is 72.0 Å². The van der Waals surface area contributed by atoms with Crippen molar-refractivity contribution in [2.75, 3.05) is 0 Å². The molecule has 4 heteroatoms. The molecule has 0 unspecified atom stereocenters. The van der Waals surface area contributed by atoms with Crippen LogP contribution in [0.25, 0.3) is 0 Å². The average Bonchev–Trinajstić information content (AvgIpc) is 2.27. The molecule has 0 saturated carbocycles.